The fourth-order valence-electron chi connectivity index (χ4n) is 1.53. The Hall–Kier alpha value is 0.220. The van der Waals surface area contributed by atoms with Gasteiger partial charge in [0.05, 0.1) is 5.75 Å². The molecule has 1 N–H and O–H groups in total. The molecule has 6 heteroatoms. The van der Waals surface area contributed by atoms with Gasteiger partial charge in [0.2, 0.25) is 10.0 Å². The lowest BCUT2D eigenvalue weighted by Crippen LogP contribution is -2.39. The highest BCUT2D eigenvalue weighted by Crippen LogP contribution is 2.14. The van der Waals surface area contributed by atoms with E-state index in [0.29, 0.717) is 18.8 Å². The van der Waals surface area contributed by atoms with Gasteiger partial charge in [0.25, 0.3) is 0 Å². The van der Waals surface area contributed by atoms with Crippen LogP contribution in [-0.2, 0) is 10.0 Å². The van der Waals surface area contributed by atoms with Crippen molar-refractivity contribution in [1.82, 2.24) is 4.31 Å². The molecule has 1 rings (SSSR count). The lowest BCUT2D eigenvalue weighted by atomic mass is 10.3. The van der Waals surface area contributed by atoms with E-state index in [2.05, 4.69) is 0 Å². The maximum atomic E-state index is 11.6. The number of rotatable bonds is 6. The van der Waals surface area contributed by atoms with Crippen LogP contribution in [0.3, 0.4) is 0 Å². The van der Waals surface area contributed by atoms with Crippen molar-refractivity contribution in [2.24, 2.45) is 0 Å². The first-order valence-electron chi connectivity index (χ1n) is 5.33. The Morgan fingerprint density at radius 1 is 1.27 bits per heavy atom. The molecule has 0 bridgehead atoms. The van der Waals surface area contributed by atoms with E-state index in [4.69, 9.17) is 5.11 Å². The molecule has 0 spiro atoms. The molecular formula is C9H19NO3S2. The smallest absolute Gasteiger partial charge is 0.214 e. The van der Waals surface area contributed by atoms with Crippen LogP contribution in [0.5, 0.6) is 0 Å². The Morgan fingerprint density at radius 2 is 2.07 bits per heavy atom. The second kappa shape index (κ2) is 6.73. The fourth-order valence-corrected chi connectivity index (χ4v) is 4.13. The molecule has 0 aliphatic carbocycles. The van der Waals surface area contributed by atoms with E-state index in [1.807, 2.05) is 0 Å². The molecule has 0 amide bonds. The summed E-state index contributed by atoms with van der Waals surface area (Å²) in [6.45, 7) is 1.52. The van der Waals surface area contributed by atoms with E-state index >= 15 is 0 Å². The third-order valence-electron chi connectivity index (χ3n) is 2.39. The van der Waals surface area contributed by atoms with Gasteiger partial charge in [-0.25, -0.2) is 12.7 Å². The standard InChI is InChI=1S/C9H19NO3S2/c11-6-3-7-14-8-5-10-4-1-2-9-15(10,12)13/h11H,1-9H2. The van der Waals surface area contributed by atoms with Crippen molar-refractivity contribution in [2.45, 2.75) is 19.3 Å². The van der Waals surface area contributed by atoms with E-state index < -0.39 is 10.0 Å². The van der Waals surface area contributed by atoms with Gasteiger partial charge in [0.1, 0.15) is 0 Å². The van der Waals surface area contributed by atoms with E-state index in [1.54, 1.807) is 16.1 Å². The van der Waals surface area contributed by atoms with Crippen LogP contribution in [0.1, 0.15) is 19.3 Å². The number of nitrogens with zero attached hydrogens (tertiary/aromatic N) is 1. The second-order valence-electron chi connectivity index (χ2n) is 3.61. The van der Waals surface area contributed by atoms with Crippen LogP contribution in [0.2, 0.25) is 0 Å². The highest BCUT2D eigenvalue weighted by Gasteiger charge is 2.24. The Kier molecular flexibility index (Phi) is 5.96. The molecule has 90 valence electrons. The number of aliphatic hydroxyl groups is 1. The topological polar surface area (TPSA) is 57.6 Å². The molecule has 4 nitrogen and oxygen atoms in total. The van der Waals surface area contributed by atoms with Gasteiger partial charge in [-0.3, -0.25) is 0 Å². The molecule has 0 radical (unpaired) electrons. The van der Waals surface area contributed by atoms with Crippen molar-refractivity contribution < 1.29 is 13.5 Å². The summed E-state index contributed by atoms with van der Waals surface area (Å²) in [6, 6.07) is 0. The minimum Gasteiger partial charge on any atom is -0.396 e. The number of hydrogen-bond donors (Lipinski definition) is 1. The molecule has 1 heterocycles. The molecule has 0 aromatic rings. The summed E-state index contributed by atoms with van der Waals surface area (Å²) in [6.07, 6.45) is 2.58. The van der Waals surface area contributed by atoms with Gasteiger partial charge >= 0.3 is 0 Å². The third kappa shape index (κ3) is 4.72. The minimum absolute atomic E-state index is 0.217. The van der Waals surface area contributed by atoms with Gasteiger partial charge in [-0.05, 0) is 25.0 Å². The summed E-state index contributed by atoms with van der Waals surface area (Å²) < 4.78 is 24.8. The average Bonchev–Trinajstić information content (AvgIpc) is 2.19. The first kappa shape index (κ1) is 13.3. The molecule has 0 atom stereocenters. The summed E-state index contributed by atoms with van der Waals surface area (Å²) in [5.74, 6) is 2.05. The van der Waals surface area contributed by atoms with Crippen LogP contribution in [0.15, 0.2) is 0 Å². The number of aliphatic hydroxyl groups excluding tert-OH is 1. The van der Waals surface area contributed by atoms with E-state index in [-0.39, 0.29) is 6.61 Å². The monoisotopic (exact) mass is 253 g/mol. The van der Waals surface area contributed by atoms with Gasteiger partial charge in [-0.1, -0.05) is 0 Å². The van der Waals surface area contributed by atoms with Gasteiger partial charge in [0.15, 0.2) is 0 Å². The minimum atomic E-state index is -2.95. The largest absolute Gasteiger partial charge is 0.396 e. The van der Waals surface area contributed by atoms with Crippen molar-refractivity contribution in [3.8, 4) is 0 Å². The predicted molar refractivity (Wildman–Crippen MR) is 63.6 cm³/mol. The van der Waals surface area contributed by atoms with Crippen LogP contribution in [0.25, 0.3) is 0 Å². The van der Waals surface area contributed by atoms with Crippen LogP contribution in [0, 0.1) is 0 Å². The Balaban J connectivity index is 2.19. The van der Waals surface area contributed by atoms with Gasteiger partial charge in [-0.15, -0.1) is 0 Å². The van der Waals surface area contributed by atoms with Gasteiger partial charge in [0, 0.05) is 25.4 Å². The van der Waals surface area contributed by atoms with Crippen molar-refractivity contribution in [2.75, 3.05) is 37.0 Å². The number of sulfonamides is 1. The van der Waals surface area contributed by atoms with Crippen LogP contribution in [-0.4, -0.2) is 54.8 Å². The molecule has 1 aliphatic heterocycles. The predicted octanol–water partition coefficient (Wildman–Crippen LogP) is 0.528. The molecule has 0 aromatic heterocycles. The molecule has 1 saturated heterocycles. The fraction of sp³-hybridized carbons (Fsp3) is 1.00. The van der Waals surface area contributed by atoms with Crippen molar-refractivity contribution in [1.29, 1.82) is 0 Å². The maximum absolute atomic E-state index is 11.6. The van der Waals surface area contributed by atoms with E-state index in [0.717, 1.165) is 30.8 Å². The van der Waals surface area contributed by atoms with Crippen molar-refractivity contribution in [3.05, 3.63) is 0 Å². The third-order valence-corrected chi connectivity index (χ3v) is 5.39. The zero-order chi connectivity index (χ0) is 11.1. The maximum Gasteiger partial charge on any atom is 0.214 e. The highest BCUT2D eigenvalue weighted by molar-refractivity contribution is 7.99. The lowest BCUT2D eigenvalue weighted by molar-refractivity contribution is 0.296. The summed E-state index contributed by atoms with van der Waals surface area (Å²) >= 11 is 1.71. The van der Waals surface area contributed by atoms with Crippen LogP contribution in [0.4, 0.5) is 0 Å². The van der Waals surface area contributed by atoms with Crippen molar-refractivity contribution >= 4 is 21.8 Å². The highest BCUT2D eigenvalue weighted by atomic mass is 32.2. The van der Waals surface area contributed by atoms with Crippen molar-refractivity contribution in [3.63, 3.8) is 0 Å². The molecule has 0 saturated carbocycles. The normalized spacial score (nSPS) is 21.7. The summed E-state index contributed by atoms with van der Waals surface area (Å²) in [5, 5.41) is 8.58. The lowest BCUT2D eigenvalue weighted by Gasteiger charge is -2.25. The number of hydrogen-bond acceptors (Lipinski definition) is 4. The average molecular weight is 253 g/mol. The van der Waals surface area contributed by atoms with E-state index in [9.17, 15) is 8.42 Å². The second-order valence-corrected chi connectivity index (χ2v) is 6.92. The Labute approximate surface area is 96.1 Å². The van der Waals surface area contributed by atoms with Crippen LogP contribution < -0.4 is 0 Å². The quantitative estimate of drug-likeness (QED) is 0.702. The van der Waals surface area contributed by atoms with Gasteiger partial charge in [-0.2, -0.15) is 11.8 Å². The molecular weight excluding hydrogens is 234 g/mol. The number of thioether (sulfide) groups is 1. The first-order chi connectivity index (χ1) is 7.17. The molecule has 0 unspecified atom stereocenters. The zero-order valence-electron chi connectivity index (χ0n) is 8.89. The van der Waals surface area contributed by atoms with Gasteiger partial charge < -0.3 is 5.11 Å². The SMILES string of the molecule is O=S1(=O)CCCCN1CCSCCCO. The Bertz CT molecular complexity index is 267. The van der Waals surface area contributed by atoms with Crippen LogP contribution >= 0.6 is 11.8 Å². The first-order valence-corrected chi connectivity index (χ1v) is 8.09. The summed E-state index contributed by atoms with van der Waals surface area (Å²) in [7, 11) is -2.95. The summed E-state index contributed by atoms with van der Waals surface area (Å²) in [4.78, 5) is 0. The van der Waals surface area contributed by atoms with E-state index in [1.165, 1.54) is 0 Å². The molecule has 1 fully saturated rings. The summed E-state index contributed by atoms with van der Waals surface area (Å²) in [5.41, 5.74) is 0. The zero-order valence-corrected chi connectivity index (χ0v) is 10.5. The Morgan fingerprint density at radius 3 is 2.73 bits per heavy atom. The molecule has 0 aromatic carbocycles. The molecule has 15 heavy (non-hydrogen) atoms. The molecule has 1 aliphatic rings.